The maximum absolute atomic E-state index is 11.4. The maximum atomic E-state index is 11.4. The summed E-state index contributed by atoms with van der Waals surface area (Å²) in [6.07, 6.45) is 12.1. The van der Waals surface area contributed by atoms with E-state index in [4.69, 9.17) is 9.84 Å². The number of aliphatic carboxylic acids is 2. The summed E-state index contributed by atoms with van der Waals surface area (Å²) in [6.45, 7) is 3.87. The second kappa shape index (κ2) is 21.7. The van der Waals surface area contributed by atoms with Crippen LogP contribution >= 0.6 is 0 Å². The number of carboxylic acids is 2. The topological polar surface area (TPSA) is 96.2 Å². The molecule has 30 heavy (non-hydrogen) atoms. The molecule has 7 nitrogen and oxygen atoms in total. The summed E-state index contributed by atoms with van der Waals surface area (Å²) < 4.78 is 5.46. The molecule has 2 N–H and O–H groups in total. The first-order chi connectivity index (χ1) is 13.0. The molecule has 0 aliphatic carbocycles. The van der Waals surface area contributed by atoms with Crippen LogP contribution in [0.4, 0.5) is 0 Å². The number of rotatable bonds is 17. The summed E-state index contributed by atoms with van der Waals surface area (Å²) >= 11 is 0. The van der Waals surface area contributed by atoms with Crippen molar-refractivity contribution in [3.05, 3.63) is 0 Å². The summed E-state index contributed by atoms with van der Waals surface area (Å²) in [5.41, 5.74) is 0. The van der Waals surface area contributed by atoms with Gasteiger partial charge in [0.1, 0.15) is 19.7 Å². The van der Waals surface area contributed by atoms with Crippen molar-refractivity contribution in [2.24, 2.45) is 4.99 Å². The Balaban J connectivity index is -0.00000243. The van der Waals surface area contributed by atoms with Gasteiger partial charge in [0.25, 0.3) is 0 Å². The standard InChI is InChI=1S/C20H36N2O5.ClH.2Na/c1-2-3-4-5-6-7-8-9-10-11-18-21-12-13-22(18,16-19(23)24)14-15-27-17-20(25)26;;;/h2-17H2,1H3,(H-,23,24,25,26);1H;;. The maximum Gasteiger partial charge on any atom is 0.359 e. The van der Waals surface area contributed by atoms with Gasteiger partial charge in [-0.15, -0.1) is 0 Å². The van der Waals surface area contributed by atoms with E-state index in [1.165, 1.54) is 44.9 Å². The molecule has 0 aromatic heterocycles. The summed E-state index contributed by atoms with van der Waals surface area (Å²) in [5.74, 6) is -0.918. The number of hydrogen-bond donors (Lipinski definition) is 2. The van der Waals surface area contributed by atoms with E-state index in [1.54, 1.807) is 0 Å². The monoisotopic (exact) mass is 466 g/mol. The van der Waals surface area contributed by atoms with Gasteiger partial charge in [0, 0.05) is 65.5 Å². The SMILES string of the molecule is CCCCCCCCCCCC1=NCC[N+]1(CCOCC(=O)O)CC(=O)O.[Cl-].[Na].[Na]. The zero-order valence-electron chi connectivity index (χ0n) is 19.2. The van der Waals surface area contributed by atoms with Crippen molar-refractivity contribution < 1.29 is 41.4 Å². The molecule has 2 radical (unpaired) electrons. The smallest absolute Gasteiger partial charge is 0.359 e. The Morgan fingerprint density at radius 1 is 0.967 bits per heavy atom. The van der Waals surface area contributed by atoms with Gasteiger partial charge in [0.15, 0.2) is 12.4 Å². The van der Waals surface area contributed by atoms with Crippen LogP contribution in [0.15, 0.2) is 4.99 Å². The molecule has 10 heteroatoms. The zero-order valence-corrected chi connectivity index (χ0v) is 24.0. The van der Waals surface area contributed by atoms with Gasteiger partial charge in [0.05, 0.1) is 13.2 Å². The molecule has 0 aromatic carbocycles. The first-order valence-electron chi connectivity index (χ1n) is 10.4. The molecule has 0 bridgehead atoms. The van der Waals surface area contributed by atoms with Crippen LogP contribution in [-0.4, -0.2) is 131 Å². The van der Waals surface area contributed by atoms with Crippen LogP contribution in [-0.2, 0) is 14.3 Å². The molecule has 0 saturated heterocycles. The number of amidine groups is 1. The van der Waals surface area contributed by atoms with Crippen LogP contribution < -0.4 is 12.4 Å². The molecule has 1 heterocycles. The third-order valence-corrected chi connectivity index (χ3v) is 5.20. The van der Waals surface area contributed by atoms with Gasteiger partial charge in [-0.1, -0.05) is 58.3 Å². The first-order valence-corrected chi connectivity index (χ1v) is 10.4. The van der Waals surface area contributed by atoms with E-state index in [0.717, 1.165) is 25.1 Å². The third-order valence-electron chi connectivity index (χ3n) is 5.20. The number of carboxylic acid groups (broad SMARTS) is 2. The quantitative estimate of drug-likeness (QED) is 0.172. The third kappa shape index (κ3) is 15.6. The molecule has 1 aliphatic heterocycles. The minimum atomic E-state index is -1.01. The normalized spacial score (nSPS) is 17.3. The molecule has 1 atom stereocenters. The molecule has 0 saturated carbocycles. The number of halogens is 1. The van der Waals surface area contributed by atoms with E-state index in [9.17, 15) is 14.7 Å². The Labute approximate surface area is 232 Å². The summed E-state index contributed by atoms with van der Waals surface area (Å²) in [7, 11) is 0. The Bertz CT molecular complexity index is 498. The molecule has 166 valence electrons. The minimum Gasteiger partial charge on any atom is -1.00 e. The molecule has 0 amide bonds. The molecule has 1 aliphatic rings. The number of quaternary nitrogens is 1. The van der Waals surface area contributed by atoms with Crippen LogP contribution in [0, 0.1) is 0 Å². The predicted octanol–water partition coefficient (Wildman–Crippen LogP) is -0.436. The number of hydrogen-bond acceptors (Lipinski definition) is 4. The van der Waals surface area contributed by atoms with Gasteiger partial charge >= 0.3 is 11.9 Å². The Morgan fingerprint density at radius 2 is 1.53 bits per heavy atom. The van der Waals surface area contributed by atoms with E-state index >= 15 is 0 Å². The summed E-state index contributed by atoms with van der Waals surface area (Å²) in [4.78, 5) is 26.5. The molecule has 0 fully saturated rings. The second-order valence-electron chi connectivity index (χ2n) is 7.47. The van der Waals surface area contributed by atoms with Crippen molar-refractivity contribution in [3.8, 4) is 0 Å². The number of carbonyl (C=O) groups is 2. The van der Waals surface area contributed by atoms with Crippen molar-refractivity contribution in [3.63, 3.8) is 0 Å². The largest absolute Gasteiger partial charge is 1.00 e. The van der Waals surface area contributed by atoms with E-state index in [1.807, 2.05) is 0 Å². The molecule has 0 spiro atoms. The summed E-state index contributed by atoms with van der Waals surface area (Å²) in [5, 5.41) is 18.0. The van der Waals surface area contributed by atoms with Gasteiger partial charge in [-0.2, -0.15) is 0 Å². The van der Waals surface area contributed by atoms with Crippen molar-refractivity contribution in [1.29, 1.82) is 0 Å². The van der Waals surface area contributed by atoms with Crippen molar-refractivity contribution in [1.82, 2.24) is 0 Å². The Kier molecular flexibility index (Phi) is 25.6. The second-order valence-corrected chi connectivity index (χ2v) is 7.47. The minimum absolute atomic E-state index is 0. The molecule has 1 unspecified atom stereocenters. The van der Waals surface area contributed by atoms with Crippen molar-refractivity contribution in [2.75, 3.05) is 39.4 Å². The van der Waals surface area contributed by atoms with Crippen LogP contribution in [0.5, 0.6) is 0 Å². The first kappa shape index (κ1) is 35.4. The van der Waals surface area contributed by atoms with Crippen molar-refractivity contribution >= 4 is 76.9 Å². The molecular formula is C20H37ClN2Na2O5. The van der Waals surface area contributed by atoms with Gasteiger partial charge in [-0.3, -0.25) is 4.48 Å². The fourth-order valence-electron chi connectivity index (χ4n) is 3.71. The van der Waals surface area contributed by atoms with Crippen LogP contribution in [0.1, 0.15) is 71.1 Å². The fraction of sp³-hybridized carbons (Fsp3) is 0.850. The predicted molar refractivity (Wildman–Crippen MR) is 117 cm³/mol. The van der Waals surface area contributed by atoms with Gasteiger partial charge < -0.3 is 27.4 Å². The summed E-state index contributed by atoms with van der Waals surface area (Å²) in [6, 6.07) is 0. The van der Waals surface area contributed by atoms with Crippen LogP contribution in [0.2, 0.25) is 0 Å². The number of ether oxygens (including phenoxy) is 1. The molecule has 0 aromatic rings. The average molecular weight is 467 g/mol. The van der Waals surface area contributed by atoms with Gasteiger partial charge in [0.2, 0.25) is 0 Å². The molecular weight excluding hydrogens is 430 g/mol. The van der Waals surface area contributed by atoms with E-state index in [-0.39, 0.29) is 91.3 Å². The van der Waals surface area contributed by atoms with Crippen molar-refractivity contribution in [2.45, 2.75) is 71.1 Å². The molecule has 1 rings (SSSR count). The van der Waals surface area contributed by atoms with Gasteiger partial charge in [-0.25, -0.2) is 14.6 Å². The Hall–Kier alpha value is 0.820. The zero-order chi connectivity index (χ0) is 20.0. The number of unbranched alkanes of at least 4 members (excludes halogenated alkanes) is 8. The number of nitrogens with zero attached hydrogens (tertiary/aromatic N) is 2. The van der Waals surface area contributed by atoms with E-state index in [0.29, 0.717) is 24.1 Å². The fourth-order valence-corrected chi connectivity index (χ4v) is 3.71. The van der Waals surface area contributed by atoms with E-state index in [2.05, 4.69) is 11.9 Å². The Morgan fingerprint density at radius 3 is 2.07 bits per heavy atom. The van der Waals surface area contributed by atoms with Crippen LogP contribution in [0.3, 0.4) is 0 Å². The van der Waals surface area contributed by atoms with Gasteiger partial charge in [-0.05, 0) is 6.42 Å². The van der Waals surface area contributed by atoms with E-state index < -0.39 is 11.9 Å². The number of aliphatic imine (C=N–C) groups is 1. The average Bonchev–Trinajstić information content (AvgIpc) is 2.99. The van der Waals surface area contributed by atoms with Crippen LogP contribution in [0.25, 0.3) is 0 Å².